The first-order valence-electron chi connectivity index (χ1n) is 8.40. The van der Waals surface area contributed by atoms with Crippen molar-refractivity contribution in [3.8, 4) is 17.2 Å². The van der Waals surface area contributed by atoms with Crippen molar-refractivity contribution in [2.75, 3.05) is 38.7 Å². The molecule has 0 radical (unpaired) electrons. The second-order valence-electron chi connectivity index (χ2n) is 5.50. The van der Waals surface area contributed by atoms with Crippen molar-refractivity contribution in [1.29, 1.82) is 0 Å². The molecule has 132 valence electrons. The van der Waals surface area contributed by atoms with E-state index in [4.69, 9.17) is 14.2 Å². The summed E-state index contributed by atoms with van der Waals surface area (Å²) in [4.78, 5) is 4.23. The number of rotatable bonds is 5. The Morgan fingerprint density at radius 1 is 1.08 bits per heavy atom. The molecule has 0 saturated heterocycles. The molecule has 1 aliphatic heterocycles. The summed E-state index contributed by atoms with van der Waals surface area (Å²) in [6.07, 6.45) is 0.891. The number of para-hydroxylation sites is 1. The zero-order valence-corrected chi connectivity index (χ0v) is 14.3. The molecular formula is C19H23N3O3. The number of fused-ring (bicyclic) bond motifs is 1. The molecule has 1 heterocycles. The molecule has 0 bridgehead atoms. The van der Waals surface area contributed by atoms with Crippen LogP contribution in [-0.2, 0) is 0 Å². The lowest BCUT2D eigenvalue weighted by molar-refractivity contribution is 0.297. The monoisotopic (exact) mass is 341 g/mol. The predicted octanol–water partition coefficient (Wildman–Crippen LogP) is 2.91. The highest BCUT2D eigenvalue weighted by molar-refractivity contribution is 5.93. The topological polar surface area (TPSA) is 64.1 Å². The van der Waals surface area contributed by atoms with Gasteiger partial charge in [0.1, 0.15) is 12.4 Å². The minimum absolute atomic E-state index is 0.547. The van der Waals surface area contributed by atoms with Gasteiger partial charge >= 0.3 is 0 Å². The summed E-state index contributed by atoms with van der Waals surface area (Å²) in [5, 5.41) is 6.47. The van der Waals surface area contributed by atoms with Crippen LogP contribution in [0.1, 0.15) is 6.42 Å². The lowest BCUT2D eigenvalue weighted by Gasteiger charge is -2.14. The molecule has 2 aromatic rings. The largest absolute Gasteiger partial charge is 0.492 e. The third kappa shape index (κ3) is 5.04. The van der Waals surface area contributed by atoms with Crippen LogP contribution < -0.4 is 24.8 Å². The van der Waals surface area contributed by atoms with Crippen molar-refractivity contribution >= 4 is 11.6 Å². The van der Waals surface area contributed by atoms with E-state index in [0.29, 0.717) is 32.3 Å². The molecule has 0 atom stereocenters. The van der Waals surface area contributed by atoms with Gasteiger partial charge in [-0.3, -0.25) is 4.99 Å². The number of nitrogens with zero attached hydrogens (tertiary/aromatic N) is 1. The van der Waals surface area contributed by atoms with Crippen LogP contribution in [0, 0.1) is 0 Å². The summed E-state index contributed by atoms with van der Waals surface area (Å²) in [5.41, 5.74) is 0.890. The molecule has 0 aliphatic carbocycles. The molecule has 0 unspecified atom stereocenters. The molecule has 0 aromatic heterocycles. The molecule has 0 spiro atoms. The van der Waals surface area contributed by atoms with Gasteiger partial charge in [-0.1, -0.05) is 18.2 Å². The summed E-state index contributed by atoms with van der Waals surface area (Å²) < 4.78 is 17.0. The Bertz CT molecular complexity index is 704. The predicted molar refractivity (Wildman–Crippen MR) is 99.0 cm³/mol. The third-order valence-electron chi connectivity index (χ3n) is 3.64. The molecule has 2 N–H and O–H groups in total. The van der Waals surface area contributed by atoms with Crippen molar-refractivity contribution in [1.82, 2.24) is 5.32 Å². The van der Waals surface area contributed by atoms with Crippen molar-refractivity contribution in [3.63, 3.8) is 0 Å². The van der Waals surface area contributed by atoms with Gasteiger partial charge in [-0.15, -0.1) is 0 Å². The molecule has 6 heteroatoms. The van der Waals surface area contributed by atoms with Crippen LogP contribution in [0.4, 0.5) is 5.69 Å². The molecule has 0 fully saturated rings. The Morgan fingerprint density at radius 3 is 2.68 bits per heavy atom. The smallest absolute Gasteiger partial charge is 0.195 e. The number of anilines is 1. The molecule has 25 heavy (non-hydrogen) atoms. The second-order valence-corrected chi connectivity index (χ2v) is 5.50. The molecule has 3 rings (SSSR count). The van der Waals surface area contributed by atoms with Crippen LogP contribution in [0.25, 0.3) is 0 Å². The van der Waals surface area contributed by atoms with E-state index in [1.807, 2.05) is 48.5 Å². The molecule has 6 nitrogen and oxygen atoms in total. The van der Waals surface area contributed by atoms with Crippen LogP contribution in [0.3, 0.4) is 0 Å². The number of hydrogen-bond acceptors (Lipinski definition) is 4. The number of nitrogens with one attached hydrogen (secondary N) is 2. The van der Waals surface area contributed by atoms with Gasteiger partial charge in [0.2, 0.25) is 0 Å². The van der Waals surface area contributed by atoms with Crippen LogP contribution >= 0.6 is 0 Å². The van der Waals surface area contributed by atoms with E-state index >= 15 is 0 Å². The Morgan fingerprint density at radius 2 is 1.88 bits per heavy atom. The summed E-state index contributed by atoms with van der Waals surface area (Å²) in [6, 6.07) is 15.5. The van der Waals surface area contributed by atoms with Gasteiger partial charge in [-0.2, -0.15) is 0 Å². The van der Waals surface area contributed by atoms with E-state index in [2.05, 4.69) is 15.6 Å². The molecule has 2 aromatic carbocycles. The van der Waals surface area contributed by atoms with Gasteiger partial charge < -0.3 is 24.8 Å². The van der Waals surface area contributed by atoms with Crippen LogP contribution in [-0.4, -0.2) is 39.4 Å². The highest BCUT2D eigenvalue weighted by Crippen LogP contribution is 2.32. The summed E-state index contributed by atoms with van der Waals surface area (Å²) in [7, 11) is 1.73. The molecule has 0 amide bonds. The van der Waals surface area contributed by atoms with Crippen molar-refractivity contribution in [2.24, 2.45) is 4.99 Å². The van der Waals surface area contributed by atoms with Crippen LogP contribution in [0.15, 0.2) is 53.5 Å². The van der Waals surface area contributed by atoms with Crippen LogP contribution in [0.5, 0.6) is 17.2 Å². The summed E-state index contributed by atoms with van der Waals surface area (Å²) in [5.74, 6) is 3.06. The maximum Gasteiger partial charge on any atom is 0.195 e. The number of ether oxygens (including phenoxy) is 3. The van der Waals surface area contributed by atoms with E-state index < -0.39 is 0 Å². The quantitative estimate of drug-likeness (QED) is 0.497. The molecular weight excluding hydrogens is 318 g/mol. The number of guanidine groups is 1. The van der Waals surface area contributed by atoms with Crippen molar-refractivity contribution in [2.45, 2.75) is 6.42 Å². The lowest BCUT2D eigenvalue weighted by Crippen LogP contribution is -2.33. The first-order chi connectivity index (χ1) is 12.3. The Balaban J connectivity index is 1.49. The Hall–Kier alpha value is -2.89. The van der Waals surface area contributed by atoms with Crippen LogP contribution in [0.2, 0.25) is 0 Å². The molecule has 1 aliphatic rings. The normalized spacial score (nSPS) is 13.7. The fourth-order valence-electron chi connectivity index (χ4n) is 2.41. The zero-order chi connectivity index (χ0) is 17.3. The van der Waals surface area contributed by atoms with E-state index in [0.717, 1.165) is 29.4 Å². The summed E-state index contributed by atoms with van der Waals surface area (Å²) >= 11 is 0. The Kier molecular flexibility index (Phi) is 5.98. The number of benzene rings is 2. The Labute approximate surface area is 147 Å². The van der Waals surface area contributed by atoms with Gasteiger partial charge in [-0.25, -0.2) is 0 Å². The van der Waals surface area contributed by atoms with E-state index in [1.54, 1.807) is 7.05 Å². The second kappa shape index (κ2) is 8.82. The fourth-order valence-corrected chi connectivity index (χ4v) is 2.41. The fraction of sp³-hybridized carbons (Fsp3) is 0.316. The first kappa shape index (κ1) is 17.0. The SMILES string of the molecule is CN=C(NCCOc1ccccc1)Nc1ccc2c(c1)OCCCO2. The third-order valence-corrected chi connectivity index (χ3v) is 3.64. The van der Waals surface area contributed by atoms with E-state index in [9.17, 15) is 0 Å². The average molecular weight is 341 g/mol. The standard InChI is InChI=1S/C19H23N3O3/c1-20-19(21-10-13-23-16-6-3-2-4-7-16)22-15-8-9-17-18(14-15)25-12-5-11-24-17/h2-4,6-9,14H,5,10-13H2,1H3,(H2,20,21,22). The van der Waals surface area contributed by atoms with E-state index in [1.165, 1.54) is 0 Å². The average Bonchev–Trinajstić information content (AvgIpc) is 2.90. The van der Waals surface area contributed by atoms with Gasteiger partial charge in [0.25, 0.3) is 0 Å². The minimum Gasteiger partial charge on any atom is -0.492 e. The minimum atomic E-state index is 0.547. The number of aliphatic imine (C=N–C) groups is 1. The van der Waals surface area contributed by atoms with Crippen molar-refractivity contribution in [3.05, 3.63) is 48.5 Å². The maximum absolute atomic E-state index is 5.71. The van der Waals surface area contributed by atoms with Crippen molar-refractivity contribution < 1.29 is 14.2 Å². The van der Waals surface area contributed by atoms with Gasteiger partial charge in [0.05, 0.1) is 19.8 Å². The maximum atomic E-state index is 5.71. The lowest BCUT2D eigenvalue weighted by atomic mass is 10.3. The highest BCUT2D eigenvalue weighted by Gasteiger charge is 2.11. The highest BCUT2D eigenvalue weighted by atomic mass is 16.5. The van der Waals surface area contributed by atoms with Gasteiger partial charge in [-0.05, 0) is 24.3 Å². The number of hydrogen-bond donors (Lipinski definition) is 2. The summed E-state index contributed by atoms with van der Waals surface area (Å²) in [6.45, 7) is 2.54. The van der Waals surface area contributed by atoms with Gasteiger partial charge in [0, 0.05) is 25.2 Å². The van der Waals surface area contributed by atoms with Gasteiger partial charge in [0.15, 0.2) is 17.5 Å². The van der Waals surface area contributed by atoms with E-state index in [-0.39, 0.29) is 0 Å². The first-order valence-corrected chi connectivity index (χ1v) is 8.40. The molecule has 0 saturated carbocycles. The zero-order valence-electron chi connectivity index (χ0n) is 14.3.